The molecular formula is C12H11N3O3S2. The Hall–Kier alpha value is -2.06. The van der Waals surface area contributed by atoms with Gasteiger partial charge in [-0.15, -0.1) is 0 Å². The second-order valence-electron chi connectivity index (χ2n) is 3.77. The number of primary amides is 1. The summed E-state index contributed by atoms with van der Waals surface area (Å²) in [5.74, 6) is 0.319. The van der Waals surface area contributed by atoms with Gasteiger partial charge in [0.1, 0.15) is 5.75 Å². The summed E-state index contributed by atoms with van der Waals surface area (Å²) in [4.78, 5) is 23.2. The zero-order valence-electron chi connectivity index (χ0n) is 10.5. The molecule has 0 aliphatic carbocycles. The van der Waals surface area contributed by atoms with E-state index in [1.54, 1.807) is 25.3 Å². The van der Waals surface area contributed by atoms with Gasteiger partial charge in [-0.2, -0.15) is 5.01 Å². The van der Waals surface area contributed by atoms with Crippen LogP contribution in [0.15, 0.2) is 29.2 Å². The average molecular weight is 309 g/mol. The quantitative estimate of drug-likeness (QED) is 0.652. The topological polar surface area (TPSA) is 84.7 Å². The highest BCUT2D eigenvalue weighted by atomic mass is 32.2. The number of hydrogen-bond donors (Lipinski definition) is 2. The molecule has 1 aromatic carbocycles. The van der Waals surface area contributed by atoms with Crippen molar-refractivity contribution in [2.75, 3.05) is 7.11 Å². The molecule has 8 heteroatoms. The maximum absolute atomic E-state index is 12.0. The van der Waals surface area contributed by atoms with Crippen LogP contribution < -0.4 is 15.9 Å². The van der Waals surface area contributed by atoms with Crippen LogP contribution in [0, 0.1) is 0 Å². The summed E-state index contributed by atoms with van der Waals surface area (Å²) in [5, 5.41) is 0.956. The number of nitrogens with zero attached hydrogens (tertiary/aromatic N) is 1. The van der Waals surface area contributed by atoms with Gasteiger partial charge in [0.15, 0.2) is 4.32 Å². The molecule has 20 heavy (non-hydrogen) atoms. The highest BCUT2D eigenvalue weighted by Gasteiger charge is 2.33. The molecular weight excluding hydrogens is 298 g/mol. The van der Waals surface area contributed by atoms with E-state index in [-0.39, 0.29) is 4.32 Å². The van der Waals surface area contributed by atoms with Crippen LogP contribution in [0.2, 0.25) is 0 Å². The van der Waals surface area contributed by atoms with Crippen molar-refractivity contribution in [2.45, 2.75) is 0 Å². The number of carbonyl (C=O) groups is 2. The summed E-state index contributed by atoms with van der Waals surface area (Å²) in [7, 11) is 1.58. The van der Waals surface area contributed by atoms with E-state index in [0.717, 1.165) is 28.1 Å². The average Bonchev–Trinajstić information content (AvgIpc) is 2.67. The van der Waals surface area contributed by atoms with E-state index >= 15 is 0 Å². The molecule has 0 unspecified atom stereocenters. The summed E-state index contributed by atoms with van der Waals surface area (Å²) < 4.78 is 5.29. The SMILES string of the molecule is COc1ccc(C=C2SC(=S)N(NC(N)=O)C2=O)cc1. The lowest BCUT2D eigenvalue weighted by Gasteiger charge is -2.12. The van der Waals surface area contributed by atoms with Crippen molar-refractivity contribution >= 4 is 46.3 Å². The van der Waals surface area contributed by atoms with Crippen LogP contribution in [0.4, 0.5) is 4.79 Å². The number of rotatable bonds is 3. The van der Waals surface area contributed by atoms with Crippen LogP contribution >= 0.6 is 24.0 Å². The lowest BCUT2D eigenvalue weighted by molar-refractivity contribution is -0.123. The molecule has 2 rings (SSSR count). The van der Waals surface area contributed by atoms with Gasteiger partial charge in [-0.05, 0) is 36.0 Å². The molecule has 104 valence electrons. The van der Waals surface area contributed by atoms with Gasteiger partial charge in [0, 0.05) is 0 Å². The molecule has 3 amide bonds. The lowest BCUT2D eigenvalue weighted by Crippen LogP contribution is -2.47. The van der Waals surface area contributed by atoms with E-state index in [1.807, 2.05) is 12.1 Å². The molecule has 0 saturated carbocycles. The highest BCUT2D eigenvalue weighted by Crippen LogP contribution is 2.31. The molecule has 0 bridgehead atoms. The number of nitrogens with two attached hydrogens (primary N) is 1. The number of carbonyl (C=O) groups excluding carboxylic acids is 2. The van der Waals surface area contributed by atoms with Gasteiger partial charge in [-0.25, -0.2) is 10.2 Å². The molecule has 1 saturated heterocycles. The van der Waals surface area contributed by atoms with Crippen LogP contribution in [0.5, 0.6) is 5.75 Å². The Morgan fingerprint density at radius 2 is 2.10 bits per heavy atom. The van der Waals surface area contributed by atoms with Crippen molar-refractivity contribution in [1.29, 1.82) is 0 Å². The van der Waals surface area contributed by atoms with Crippen molar-refractivity contribution in [3.63, 3.8) is 0 Å². The minimum absolute atomic E-state index is 0.230. The number of hydrazine groups is 1. The Balaban J connectivity index is 2.20. The Morgan fingerprint density at radius 1 is 1.45 bits per heavy atom. The molecule has 1 aliphatic heterocycles. The maximum atomic E-state index is 12.0. The van der Waals surface area contributed by atoms with Gasteiger partial charge in [0.2, 0.25) is 0 Å². The first-order valence-electron chi connectivity index (χ1n) is 5.49. The van der Waals surface area contributed by atoms with Crippen molar-refractivity contribution in [3.05, 3.63) is 34.7 Å². The van der Waals surface area contributed by atoms with Crippen molar-refractivity contribution < 1.29 is 14.3 Å². The predicted octanol–water partition coefficient (Wildman–Crippen LogP) is 1.48. The van der Waals surface area contributed by atoms with Crippen molar-refractivity contribution in [2.24, 2.45) is 5.73 Å². The molecule has 1 heterocycles. The number of urea groups is 1. The summed E-state index contributed by atoms with van der Waals surface area (Å²) in [6.45, 7) is 0. The number of thiocarbonyl (C=S) groups is 1. The number of amides is 3. The Morgan fingerprint density at radius 3 is 2.65 bits per heavy atom. The zero-order chi connectivity index (χ0) is 14.7. The van der Waals surface area contributed by atoms with Gasteiger partial charge >= 0.3 is 6.03 Å². The third kappa shape index (κ3) is 3.09. The minimum atomic E-state index is -0.841. The molecule has 0 aromatic heterocycles. The first-order valence-corrected chi connectivity index (χ1v) is 6.72. The second-order valence-corrected chi connectivity index (χ2v) is 5.44. The third-order valence-electron chi connectivity index (χ3n) is 2.43. The Bertz CT molecular complexity index is 598. The fraction of sp³-hybridized carbons (Fsp3) is 0.0833. The van der Waals surface area contributed by atoms with E-state index in [9.17, 15) is 9.59 Å². The fourth-order valence-electron chi connectivity index (χ4n) is 1.53. The van der Waals surface area contributed by atoms with E-state index < -0.39 is 11.9 Å². The van der Waals surface area contributed by atoms with Crippen LogP contribution in [-0.4, -0.2) is 28.4 Å². The molecule has 1 aliphatic rings. The lowest BCUT2D eigenvalue weighted by atomic mass is 10.2. The molecule has 1 aromatic rings. The normalized spacial score (nSPS) is 16.6. The van der Waals surface area contributed by atoms with Crippen LogP contribution in [0.3, 0.4) is 0 Å². The number of nitrogens with one attached hydrogen (secondary N) is 1. The van der Waals surface area contributed by atoms with E-state index in [4.69, 9.17) is 22.7 Å². The number of thioether (sulfide) groups is 1. The number of benzene rings is 1. The summed E-state index contributed by atoms with van der Waals surface area (Å²) >= 11 is 6.10. The number of methoxy groups -OCH3 is 1. The molecule has 3 N–H and O–H groups in total. The molecule has 0 radical (unpaired) electrons. The smallest absolute Gasteiger partial charge is 0.331 e. The largest absolute Gasteiger partial charge is 0.497 e. The summed E-state index contributed by atoms with van der Waals surface area (Å²) in [6, 6.07) is 6.36. The fourth-order valence-corrected chi connectivity index (χ4v) is 2.71. The van der Waals surface area contributed by atoms with Gasteiger partial charge in [0.25, 0.3) is 5.91 Å². The second kappa shape index (κ2) is 5.93. The third-order valence-corrected chi connectivity index (χ3v) is 3.73. The van der Waals surface area contributed by atoms with Gasteiger partial charge in [0.05, 0.1) is 12.0 Å². The van der Waals surface area contributed by atoms with Gasteiger partial charge in [-0.3, -0.25) is 4.79 Å². The minimum Gasteiger partial charge on any atom is -0.497 e. The number of hydrogen-bond acceptors (Lipinski definition) is 5. The predicted molar refractivity (Wildman–Crippen MR) is 80.7 cm³/mol. The van der Waals surface area contributed by atoms with Crippen molar-refractivity contribution in [3.8, 4) is 5.75 Å². The van der Waals surface area contributed by atoms with Gasteiger partial charge < -0.3 is 10.5 Å². The molecule has 0 spiro atoms. The monoisotopic (exact) mass is 309 g/mol. The zero-order valence-corrected chi connectivity index (χ0v) is 12.1. The van der Waals surface area contributed by atoms with Crippen LogP contribution in [0.25, 0.3) is 6.08 Å². The first kappa shape index (κ1) is 14.4. The van der Waals surface area contributed by atoms with Crippen LogP contribution in [-0.2, 0) is 4.79 Å². The van der Waals surface area contributed by atoms with E-state index in [0.29, 0.717) is 4.91 Å². The van der Waals surface area contributed by atoms with Crippen LogP contribution in [0.1, 0.15) is 5.56 Å². The summed E-state index contributed by atoms with van der Waals surface area (Å²) in [5.41, 5.74) is 7.98. The van der Waals surface area contributed by atoms with E-state index in [1.165, 1.54) is 0 Å². The van der Waals surface area contributed by atoms with Crippen molar-refractivity contribution in [1.82, 2.24) is 10.4 Å². The highest BCUT2D eigenvalue weighted by molar-refractivity contribution is 8.26. The number of ether oxygens (including phenoxy) is 1. The summed E-state index contributed by atoms with van der Waals surface area (Å²) in [6.07, 6.45) is 1.68. The maximum Gasteiger partial charge on any atom is 0.331 e. The standard InChI is InChI=1S/C12H11N3O3S2/c1-18-8-4-2-7(3-5-8)6-9-10(16)15(12(19)20-9)14-11(13)17/h2-6H,1H3,(H3,13,14,17). The Kier molecular flexibility index (Phi) is 4.26. The molecule has 6 nitrogen and oxygen atoms in total. The van der Waals surface area contributed by atoms with Gasteiger partial charge in [-0.1, -0.05) is 23.9 Å². The molecule has 0 atom stereocenters. The van der Waals surface area contributed by atoms with E-state index in [2.05, 4.69) is 5.43 Å². The first-order chi connectivity index (χ1) is 9.51. The Labute approximate surface area is 124 Å². The molecule has 1 fully saturated rings.